The Bertz CT molecular complexity index is 268. The molecule has 138 valence electrons. The Balaban J connectivity index is 3.90. The zero-order valence-corrected chi connectivity index (χ0v) is 17.3. The first kappa shape index (κ1) is 23.2. The SMILES string of the molecule is [CH2]C(O)COCCC[Si](C)(C)O[Si](C)(C)CCCOCC([CH2])O. The number of ether oxygens (including phenoxy) is 2. The standard InChI is InChI=1S/C16H36O5Si2/c1-15(17)13-19-9-7-11-22(3,4)21-23(5,6)12-8-10-20-14-16(2)18/h15-18H,1-2,7-14H2,3-6H3. The Labute approximate surface area is 144 Å². The maximum atomic E-state index is 9.04. The van der Waals surface area contributed by atoms with Crippen molar-refractivity contribution in [1.82, 2.24) is 0 Å². The molecule has 5 nitrogen and oxygen atoms in total. The Kier molecular flexibility index (Phi) is 11.8. The second-order valence-corrected chi connectivity index (χ2v) is 16.1. The summed E-state index contributed by atoms with van der Waals surface area (Å²) in [6, 6.07) is 2.11. The van der Waals surface area contributed by atoms with Gasteiger partial charge in [-0.3, -0.25) is 0 Å². The summed E-state index contributed by atoms with van der Waals surface area (Å²) in [4.78, 5) is 0. The van der Waals surface area contributed by atoms with E-state index in [1.165, 1.54) is 0 Å². The van der Waals surface area contributed by atoms with Crippen LogP contribution in [0.2, 0.25) is 38.3 Å². The predicted octanol–water partition coefficient (Wildman–Crippen LogP) is 2.62. The minimum absolute atomic E-state index is 0.297. The Morgan fingerprint density at radius 3 is 1.43 bits per heavy atom. The van der Waals surface area contributed by atoms with E-state index in [2.05, 4.69) is 40.0 Å². The average molecular weight is 365 g/mol. The molecule has 0 aliphatic carbocycles. The topological polar surface area (TPSA) is 68.2 Å². The van der Waals surface area contributed by atoms with Crippen LogP contribution < -0.4 is 0 Å². The van der Waals surface area contributed by atoms with Crippen LogP contribution in [0.25, 0.3) is 0 Å². The zero-order chi connectivity index (χ0) is 17.9. The molecular formula is C16H36O5Si2. The quantitative estimate of drug-likeness (QED) is 0.366. The van der Waals surface area contributed by atoms with Crippen molar-refractivity contribution in [3.8, 4) is 0 Å². The molecule has 2 N–H and O–H groups in total. The van der Waals surface area contributed by atoms with E-state index in [1.54, 1.807) is 0 Å². The summed E-state index contributed by atoms with van der Waals surface area (Å²) in [6.45, 7) is 17.9. The van der Waals surface area contributed by atoms with Gasteiger partial charge >= 0.3 is 0 Å². The van der Waals surface area contributed by atoms with Gasteiger partial charge in [-0.25, -0.2) is 0 Å². The van der Waals surface area contributed by atoms with Crippen molar-refractivity contribution in [1.29, 1.82) is 0 Å². The lowest BCUT2D eigenvalue weighted by Gasteiger charge is -2.34. The number of hydrogen-bond donors (Lipinski definition) is 2. The van der Waals surface area contributed by atoms with Crippen molar-refractivity contribution in [2.75, 3.05) is 26.4 Å². The predicted molar refractivity (Wildman–Crippen MR) is 99.3 cm³/mol. The van der Waals surface area contributed by atoms with Crippen LogP contribution in [0, 0.1) is 13.8 Å². The summed E-state index contributed by atoms with van der Waals surface area (Å²) < 4.78 is 17.2. The number of hydrogen-bond acceptors (Lipinski definition) is 5. The first-order chi connectivity index (χ1) is 10.5. The van der Waals surface area contributed by atoms with Gasteiger partial charge in [0.05, 0.1) is 25.4 Å². The molecule has 2 atom stereocenters. The van der Waals surface area contributed by atoms with Crippen molar-refractivity contribution in [2.45, 2.75) is 63.3 Å². The lowest BCUT2D eigenvalue weighted by atomic mass is 10.4. The summed E-state index contributed by atoms with van der Waals surface area (Å²) in [5, 5.41) is 18.1. The van der Waals surface area contributed by atoms with Crippen LogP contribution in [-0.2, 0) is 13.6 Å². The van der Waals surface area contributed by atoms with Crippen molar-refractivity contribution in [3.05, 3.63) is 13.8 Å². The second-order valence-electron chi connectivity index (χ2n) is 7.29. The first-order valence-electron chi connectivity index (χ1n) is 8.42. The molecule has 0 heterocycles. The molecule has 0 aliphatic rings. The van der Waals surface area contributed by atoms with Gasteiger partial charge in [0.25, 0.3) is 0 Å². The molecular weight excluding hydrogens is 328 g/mol. The summed E-state index contributed by atoms with van der Waals surface area (Å²) in [5.74, 6) is 0. The van der Waals surface area contributed by atoms with Gasteiger partial charge in [0, 0.05) is 13.2 Å². The van der Waals surface area contributed by atoms with Crippen molar-refractivity contribution in [2.24, 2.45) is 0 Å². The van der Waals surface area contributed by atoms with Gasteiger partial charge in [0.1, 0.15) is 0 Å². The third kappa shape index (κ3) is 15.5. The largest absolute Gasteiger partial charge is 0.455 e. The first-order valence-corrected chi connectivity index (χ1v) is 14.7. The molecule has 0 saturated carbocycles. The van der Waals surface area contributed by atoms with E-state index < -0.39 is 28.8 Å². The molecule has 2 radical (unpaired) electrons. The number of aliphatic hydroxyl groups excluding tert-OH is 2. The molecule has 0 aromatic rings. The zero-order valence-electron chi connectivity index (χ0n) is 15.3. The molecule has 0 aromatic heterocycles. The van der Waals surface area contributed by atoms with Crippen LogP contribution in [0.4, 0.5) is 0 Å². The molecule has 0 spiro atoms. The van der Waals surface area contributed by atoms with Crippen LogP contribution in [-0.4, -0.2) is 65.5 Å². The van der Waals surface area contributed by atoms with Gasteiger partial charge in [-0.1, -0.05) is 0 Å². The van der Waals surface area contributed by atoms with E-state index in [-0.39, 0.29) is 0 Å². The van der Waals surface area contributed by atoms with Crippen molar-refractivity contribution >= 4 is 16.6 Å². The Morgan fingerprint density at radius 2 is 1.13 bits per heavy atom. The summed E-state index contributed by atoms with van der Waals surface area (Å²) >= 11 is 0. The summed E-state index contributed by atoms with van der Waals surface area (Å²) in [7, 11) is -3.38. The molecule has 2 unspecified atom stereocenters. The lowest BCUT2D eigenvalue weighted by molar-refractivity contribution is 0.0583. The van der Waals surface area contributed by atoms with Crippen LogP contribution >= 0.6 is 0 Å². The van der Waals surface area contributed by atoms with Crippen molar-refractivity contribution in [3.63, 3.8) is 0 Å². The molecule has 7 heteroatoms. The monoisotopic (exact) mass is 364 g/mol. The fraction of sp³-hybridized carbons (Fsp3) is 0.875. The molecule has 0 fully saturated rings. The minimum atomic E-state index is -1.69. The molecule has 0 aromatic carbocycles. The lowest BCUT2D eigenvalue weighted by Crippen LogP contribution is -2.44. The van der Waals surface area contributed by atoms with Gasteiger partial charge in [0.2, 0.25) is 0 Å². The second kappa shape index (κ2) is 11.7. The smallest absolute Gasteiger partial charge is 0.173 e. The fourth-order valence-electron chi connectivity index (χ4n) is 2.49. The van der Waals surface area contributed by atoms with Gasteiger partial charge in [0.15, 0.2) is 16.6 Å². The van der Waals surface area contributed by atoms with Gasteiger partial charge in [-0.05, 0) is 65.0 Å². The average Bonchev–Trinajstić information content (AvgIpc) is 2.35. The van der Waals surface area contributed by atoms with Crippen LogP contribution in [0.3, 0.4) is 0 Å². The number of aliphatic hydroxyl groups is 2. The van der Waals surface area contributed by atoms with Crippen LogP contribution in [0.15, 0.2) is 0 Å². The summed E-state index contributed by atoms with van der Waals surface area (Å²) in [6.07, 6.45) is 0.631. The van der Waals surface area contributed by atoms with E-state index in [9.17, 15) is 0 Å². The highest BCUT2D eigenvalue weighted by atomic mass is 28.4. The van der Waals surface area contributed by atoms with E-state index in [0.29, 0.717) is 26.4 Å². The Hall–Kier alpha value is 0.234. The maximum absolute atomic E-state index is 9.04. The molecule has 0 saturated heterocycles. The van der Waals surface area contributed by atoms with Crippen molar-refractivity contribution < 1.29 is 23.8 Å². The highest BCUT2D eigenvalue weighted by Crippen LogP contribution is 2.23. The minimum Gasteiger partial charge on any atom is -0.455 e. The van der Waals surface area contributed by atoms with E-state index >= 15 is 0 Å². The summed E-state index contributed by atoms with van der Waals surface area (Å²) in [5.41, 5.74) is 0. The van der Waals surface area contributed by atoms with E-state index in [4.69, 9.17) is 23.8 Å². The third-order valence-corrected chi connectivity index (χ3v) is 10.8. The van der Waals surface area contributed by atoms with Gasteiger partial charge in [-0.2, -0.15) is 0 Å². The highest BCUT2D eigenvalue weighted by molar-refractivity contribution is 6.84. The molecule has 0 bridgehead atoms. The Morgan fingerprint density at radius 1 is 0.783 bits per heavy atom. The van der Waals surface area contributed by atoms with Gasteiger partial charge < -0.3 is 23.8 Å². The molecule has 0 amide bonds. The van der Waals surface area contributed by atoms with Crippen LogP contribution in [0.1, 0.15) is 12.8 Å². The third-order valence-electron chi connectivity index (χ3n) is 3.31. The molecule has 0 rings (SSSR count). The van der Waals surface area contributed by atoms with E-state index in [1.807, 2.05) is 0 Å². The van der Waals surface area contributed by atoms with Gasteiger partial charge in [-0.15, -0.1) is 0 Å². The highest BCUT2D eigenvalue weighted by Gasteiger charge is 2.32. The molecule has 0 aliphatic heterocycles. The maximum Gasteiger partial charge on any atom is 0.173 e. The van der Waals surface area contributed by atoms with Crippen LogP contribution in [0.5, 0.6) is 0 Å². The molecule has 23 heavy (non-hydrogen) atoms. The van der Waals surface area contributed by atoms with E-state index in [0.717, 1.165) is 24.9 Å². The number of rotatable bonds is 14. The normalized spacial score (nSPS) is 15.7. The fourth-order valence-corrected chi connectivity index (χ4v) is 11.3.